The Labute approximate surface area is 230 Å². The number of esters is 1. The van der Waals surface area contributed by atoms with Crippen molar-refractivity contribution < 1.29 is 34.0 Å². The van der Waals surface area contributed by atoms with Crippen molar-refractivity contribution in [3.8, 4) is 0 Å². The predicted octanol–water partition coefficient (Wildman–Crippen LogP) is 5.01. The van der Waals surface area contributed by atoms with Crippen molar-refractivity contribution in [2.75, 3.05) is 13.2 Å². The van der Waals surface area contributed by atoms with Gasteiger partial charge in [0.1, 0.15) is 6.10 Å². The van der Waals surface area contributed by atoms with Gasteiger partial charge in [0.05, 0.1) is 43.5 Å². The standard InChI is InChI=1S/C28H45IO7/c1-4-12-28(32)13-6-9-24(19-30)35-25(31)17-20(29)16-21-7-5-8-22(34-21)18-23-11-15-33-26(36-23)10-14-27(28,2)3/h4,10,14,20-24,26,30,32H,1,5-9,11-13,15-19H2,2-3H3/b14-10+/t20-,21+,22-,23+,24-,26+,28-/m1/s1. The summed E-state index contributed by atoms with van der Waals surface area (Å²) in [6.45, 7) is 8.25. The summed E-state index contributed by atoms with van der Waals surface area (Å²) in [4.78, 5) is 12.6. The highest BCUT2D eigenvalue weighted by Gasteiger charge is 2.41. The first kappa shape index (κ1) is 30.0. The number of hydrogen-bond acceptors (Lipinski definition) is 7. The summed E-state index contributed by atoms with van der Waals surface area (Å²) >= 11 is 2.31. The molecular formula is C28H45IO7. The average Bonchev–Trinajstić information content (AvgIpc) is 2.82. The van der Waals surface area contributed by atoms with E-state index in [2.05, 4.69) is 29.2 Å². The molecule has 3 aliphatic rings. The summed E-state index contributed by atoms with van der Waals surface area (Å²) in [5.74, 6) is -0.290. The molecular weight excluding hydrogens is 575 g/mol. The van der Waals surface area contributed by atoms with Crippen molar-refractivity contribution in [2.24, 2.45) is 5.41 Å². The molecule has 0 aromatic rings. The first-order valence-electron chi connectivity index (χ1n) is 13.5. The van der Waals surface area contributed by atoms with Crippen molar-refractivity contribution in [3.05, 3.63) is 24.8 Å². The van der Waals surface area contributed by atoms with Crippen LogP contribution in [-0.4, -0.2) is 69.6 Å². The van der Waals surface area contributed by atoms with Gasteiger partial charge in [-0.3, -0.25) is 4.79 Å². The van der Waals surface area contributed by atoms with E-state index in [1.54, 1.807) is 6.08 Å². The number of carbonyl (C=O) groups excluding carboxylic acids is 1. The molecule has 2 fully saturated rings. The molecule has 4 bridgehead atoms. The fraction of sp³-hybridized carbons (Fsp3) is 0.821. The molecule has 206 valence electrons. The fourth-order valence-electron chi connectivity index (χ4n) is 5.50. The molecule has 0 spiro atoms. The van der Waals surface area contributed by atoms with Crippen LogP contribution in [0.1, 0.15) is 84.5 Å². The molecule has 3 aliphatic heterocycles. The molecule has 0 radical (unpaired) electrons. The van der Waals surface area contributed by atoms with Crippen LogP contribution in [0.15, 0.2) is 24.8 Å². The Morgan fingerprint density at radius 1 is 1.11 bits per heavy atom. The van der Waals surface area contributed by atoms with Gasteiger partial charge in [-0.15, -0.1) is 6.58 Å². The number of hydrogen-bond donors (Lipinski definition) is 2. The molecule has 0 aliphatic carbocycles. The molecule has 0 aromatic carbocycles. The number of aliphatic hydroxyl groups is 2. The summed E-state index contributed by atoms with van der Waals surface area (Å²) in [6.07, 6.45) is 12.9. The fourth-order valence-corrected chi connectivity index (χ4v) is 6.43. The van der Waals surface area contributed by atoms with E-state index in [1.165, 1.54) is 0 Å². The number of halogens is 1. The van der Waals surface area contributed by atoms with Gasteiger partial charge < -0.3 is 29.2 Å². The lowest BCUT2D eigenvalue weighted by atomic mass is 9.70. The van der Waals surface area contributed by atoms with Crippen LogP contribution < -0.4 is 0 Å². The van der Waals surface area contributed by atoms with E-state index in [9.17, 15) is 15.0 Å². The molecule has 8 heteroatoms. The summed E-state index contributed by atoms with van der Waals surface area (Å²) in [5.41, 5.74) is -1.64. The minimum Gasteiger partial charge on any atom is -0.460 e. The van der Waals surface area contributed by atoms with E-state index in [0.717, 1.165) is 38.5 Å². The van der Waals surface area contributed by atoms with Gasteiger partial charge in [0.25, 0.3) is 0 Å². The molecule has 0 saturated carbocycles. The number of alkyl halides is 1. The maximum absolute atomic E-state index is 12.6. The minimum atomic E-state index is -1.05. The third-order valence-electron chi connectivity index (χ3n) is 7.89. The molecule has 0 amide bonds. The highest BCUT2D eigenvalue weighted by Crippen LogP contribution is 2.40. The van der Waals surface area contributed by atoms with Gasteiger partial charge in [0.2, 0.25) is 0 Å². The van der Waals surface area contributed by atoms with E-state index in [0.29, 0.717) is 38.7 Å². The van der Waals surface area contributed by atoms with Gasteiger partial charge in [-0.25, -0.2) is 0 Å². The van der Waals surface area contributed by atoms with Gasteiger partial charge in [-0.05, 0) is 70.3 Å². The van der Waals surface area contributed by atoms with Gasteiger partial charge in [0.15, 0.2) is 6.29 Å². The zero-order valence-corrected chi connectivity index (χ0v) is 24.1. The quantitative estimate of drug-likeness (QED) is 0.198. The largest absolute Gasteiger partial charge is 0.460 e. The Morgan fingerprint density at radius 3 is 2.56 bits per heavy atom. The molecule has 7 nitrogen and oxygen atoms in total. The van der Waals surface area contributed by atoms with Gasteiger partial charge in [0, 0.05) is 9.34 Å². The molecule has 36 heavy (non-hydrogen) atoms. The second-order valence-electron chi connectivity index (χ2n) is 11.2. The van der Waals surface area contributed by atoms with Crippen LogP contribution in [0.25, 0.3) is 0 Å². The van der Waals surface area contributed by atoms with Crippen LogP contribution in [0.5, 0.6) is 0 Å². The second kappa shape index (κ2) is 14.0. The molecule has 2 saturated heterocycles. The van der Waals surface area contributed by atoms with E-state index in [-0.39, 0.29) is 34.8 Å². The zero-order chi connectivity index (χ0) is 26.2. The van der Waals surface area contributed by atoms with Crippen LogP contribution in [0.2, 0.25) is 0 Å². The Hall–Kier alpha value is -0.520. The monoisotopic (exact) mass is 620 g/mol. The average molecular weight is 621 g/mol. The van der Waals surface area contributed by atoms with Crippen molar-refractivity contribution in [3.63, 3.8) is 0 Å². The Kier molecular flexibility index (Phi) is 11.7. The number of fused-ring (bicyclic) bond motifs is 4. The van der Waals surface area contributed by atoms with Crippen LogP contribution in [0.4, 0.5) is 0 Å². The number of ether oxygens (including phenoxy) is 4. The van der Waals surface area contributed by atoms with E-state index in [4.69, 9.17) is 18.9 Å². The minimum absolute atomic E-state index is 0.0682. The summed E-state index contributed by atoms with van der Waals surface area (Å²) < 4.78 is 24.3. The number of rotatable bonds is 3. The van der Waals surface area contributed by atoms with Crippen LogP contribution in [0, 0.1) is 5.41 Å². The van der Waals surface area contributed by atoms with E-state index < -0.39 is 23.4 Å². The summed E-state index contributed by atoms with van der Waals surface area (Å²) in [5, 5.41) is 21.4. The SMILES string of the molecule is C=CC[C@@]1(O)CCC[C@H](CO)OC(=O)C[C@H](I)C[C@@H]2CCC[C@H](C[C@@H]3CCO[C@H](/C=C/C1(C)C)O3)O2. The van der Waals surface area contributed by atoms with E-state index in [1.807, 2.05) is 26.0 Å². The number of cyclic esters (lactones) is 1. The van der Waals surface area contributed by atoms with Gasteiger partial charge in [-0.2, -0.15) is 0 Å². The zero-order valence-electron chi connectivity index (χ0n) is 21.9. The van der Waals surface area contributed by atoms with Crippen LogP contribution in [-0.2, 0) is 23.7 Å². The lowest BCUT2D eigenvalue weighted by Crippen LogP contribution is -2.44. The lowest BCUT2D eigenvalue weighted by Gasteiger charge is -2.41. The lowest BCUT2D eigenvalue weighted by molar-refractivity contribution is -0.199. The van der Waals surface area contributed by atoms with Crippen LogP contribution >= 0.6 is 22.6 Å². The van der Waals surface area contributed by atoms with Gasteiger partial charge in [-0.1, -0.05) is 48.6 Å². The van der Waals surface area contributed by atoms with Crippen LogP contribution in [0.3, 0.4) is 0 Å². The smallest absolute Gasteiger partial charge is 0.307 e. The maximum Gasteiger partial charge on any atom is 0.307 e. The Bertz CT molecular complexity index is 741. The maximum atomic E-state index is 12.6. The molecule has 0 unspecified atom stereocenters. The Balaban J connectivity index is 1.78. The highest BCUT2D eigenvalue weighted by molar-refractivity contribution is 14.1. The van der Waals surface area contributed by atoms with Crippen molar-refractivity contribution >= 4 is 28.6 Å². The first-order valence-corrected chi connectivity index (χ1v) is 14.8. The molecule has 3 rings (SSSR count). The summed E-state index contributed by atoms with van der Waals surface area (Å²) in [7, 11) is 0. The van der Waals surface area contributed by atoms with Crippen molar-refractivity contribution in [1.29, 1.82) is 0 Å². The molecule has 2 N–H and O–H groups in total. The first-order chi connectivity index (χ1) is 17.1. The van der Waals surface area contributed by atoms with Gasteiger partial charge >= 0.3 is 5.97 Å². The molecule has 7 atom stereocenters. The van der Waals surface area contributed by atoms with E-state index >= 15 is 0 Å². The summed E-state index contributed by atoms with van der Waals surface area (Å²) in [6, 6.07) is 0. The van der Waals surface area contributed by atoms with Crippen molar-refractivity contribution in [2.45, 2.75) is 125 Å². The molecule has 3 heterocycles. The third kappa shape index (κ3) is 8.76. The highest BCUT2D eigenvalue weighted by atomic mass is 127. The number of carbonyl (C=O) groups is 1. The van der Waals surface area contributed by atoms with Crippen molar-refractivity contribution in [1.82, 2.24) is 0 Å². The Morgan fingerprint density at radius 2 is 1.83 bits per heavy atom. The topological polar surface area (TPSA) is 94.5 Å². The second-order valence-corrected chi connectivity index (χ2v) is 12.9. The molecule has 0 aromatic heterocycles. The predicted molar refractivity (Wildman–Crippen MR) is 147 cm³/mol. The number of aliphatic hydroxyl groups excluding tert-OH is 1. The normalized spacial score (nSPS) is 40.0. The third-order valence-corrected chi connectivity index (χ3v) is 8.84.